The number of nitrogens with one attached hydrogen (secondary N) is 1. The molecule has 0 bridgehead atoms. The number of aryl methyl sites for hydroxylation is 1. The van der Waals surface area contributed by atoms with Crippen molar-refractivity contribution in [1.82, 2.24) is 34.4 Å². The second-order valence-corrected chi connectivity index (χ2v) is 9.18. The summed E-state index contributed by atoms with van der Waals surface area (Å²) in [4.78, 5) is 28.9. The van der Waals surface area contributed by atoms with Crippen LogP contribution in [-0.4, -0.2) is 86.9 Å². The van der Waals surface area contributed by atoms with Gasteiger partial charge >= 0.3 is 0 Å². The number of likely N-dealkylation sites (N-methyl/N-ethyl adjacent to an activating group) is 1. The Hall–Kier alpha value is -3.46. The lowest BCUT2D eigenvalue weighted by Crippen LogP contribution is -2.50. The first-order valence-corrected chi connectivity index (χ1v) is 11.6. The number of rotatable bonds is 5. The molecule has 0 aliphatic carbocycles. The van der Waals surface area contributed by atoms with Gasteiger partial charge in [-0.3, -0.25) is 4.79 Å². The molecule has 1 amide bonds. The monoisotopic (exact) mass is 482 g/mol. The fourth-order valence-corrected chi connectivity index (χ4v) is 4.79. The molecule has 1 N–H and O–H groups in total. The summed E-state index contributed by atoms with van der Waals surface area (Å²) >= 11 is 0. The summed E-state index contributed by atoms with van der Waals surface area (Å²) in [5.74, 6) is -0.384. The molecule has 35 heavy (non-hydrogen) atoms. The number of hydrogen-bond acceptors (Lipinski definition) is 6. The molecule has 4 aromatic heterocycles. The third kappa shape index (κ3) is 4.14. The van der Waals surface area contributed by atoms with Crippen molar-refractivity contribution in [1.29, 1.82) is 0 Å². The molecule has 0 radical (unpaired) electrons. The summed E-state index contributed by atoms with van der Waals surface area (Å²) < 4.78 is 63.3. The molecule has 0 spiro atoms. The van der Waals surface area contributed by atoms with E-state index in [2.05, 4.69) is 35.8 Å². The van der Waals surface area contributed by atoms with Crippen molar-refractivity contribution in [2.45, 2.75) is 33.6 Å². The zero-order valence-electron chi connectivity index (χ0n) is 28.3. The van der Waals surface area contributed by atoms with E-state index in [0.717, 1.165) is 44.6 Å². The lowest BCUT2D eigenvalue weighted by Gasteiger charge is -2.36. The number of fused-ring (bicyclic) bond motifs is 2. The van der Waals surface area contributed by atoms with E-state index >= 15 is 0 Å². The lowest BCUT2D eigenvalue weighted by atomic mass is 9.95. The molecular weight excluding hydrogens is 440 g/mol. The summed E-state index contributed by atoms with van der Waals surface area (Å²) in [7, 11) is 0. The van der Waals surface area contributed by atoms with Crippen LogP contribution in [0.25, 0.3) is 27.9 Å². The Bertz CT molecular complexity index is 1670. The maximum atomic E-state index is 13.1. The van der Waals surface area contributed by atoms with E-state index in [0.29, 0.717) is 18.9 Å². The fraction of sp³-hybridized carbons (Fsp3) is 0.462. The second-order valence-electron chi connectivity index (χ2n) is 9.18. The SMILES string of the molecule is [2H]C([2H])([2H])N(C([2H])([2H])[2H])C([2H])([2H])C(=O)N1CCN(c2ccc3[nH]c(-c4cn5ncnc5c(C)c4C)c(C(C)C)c3n2)CC1. The van der Waals surface area contributed by atoms with Crippen LogP contribution in [0.4, 0.5) is 5.82 Å². The largest absolute Gasteiger partial charge is 0.353 e. The highest BCUT2D eigenvalue weighted by molar-refractivity contribution is 5.90. The van der Waals surface area contributed by atoms with Crippen LogP contribution >= 0.6 is 0 Å². The Morgan fingerprint density at radius 3 is 2.69 bits per heavy atom. The van der Waals surface area contributed by atoms with Crippen LogP contribution in [0.5, 0.6) is 0 Å². The van der Waals surface area contributed by atoms with Crippen molar-refractivity contribution < 1.29 is 15.8 Å². The van der Waals surface area contributed by atoms with Gasteiger partial charge in [-0.15, -0.1) is 0 Å². The van der Waals surface area contributed by atoms with E-state index in [1.54, 1.807) is 4.52 Å². The number of carbonyl (C=O) groups excluding carboxylic acids is 1. The molecule has 5 heterocycles. The lowest BCUT2D eigenvalue weighted by molar-refractivity contribution is -0.132. The minimum absolute atomic E-state index is 0.0692. The van der Waals surface area contributed by atoms with Crippen LogP contribution in [0.1, 0.15) is 47.4 Å². The van der Waals surface area contributed by atoms with Gasteiger partial charge in [0.1, 0.15) is 12.1 Å². The minimum atomic E-state index is -3.34. The van der Waals surface area contributed by atoms with Gasteiger partial charge in [-0.1, -0.05) is 13.8 Å². The highest BCUT2D eigenvalue weighted by Crippen LogP contribution is 2.37. The highest BCUT2D eigenvalue weighted by atomic mass is 16.2. The van der Waals surface area contributed by atoms with Crippen LogP contribution in [0, 0.1) is 13.8 Å². The van der Waals surface area contributed by atoms with Crippen LogP contribution in [0.3, 0.4) is 0 Å². The molecule has 1 saturated heterocycles. The van der Waals surface area contributed by atoms with Gasteiger partial charge in [0.25, 0.3) is 0 Å². The number of pyridine rings is 2. The summed E-state index contributed by atoms with van der Waals surface area (Å²) in [5, 5.41) is 4.34. The molecule has 0 atom stereocenters. The van der Waals surface area contributed by atoms with Gasteiger partial charge in [0.15, 0.2) is 5.65 Å². The molecule has 1 fully saturated rings. The Morgan fingerprint density at radius 1 is 1.20 bits per heavy atom. The summed E-state index contributed by atoms with van der Waals surface area (Å²) in [6.45, 7) is -0.888. The molecule has 5 rings (SSSR count). The topological polar surface area (TPSA) is 85.7 Å². The van der Waals surface area contributed by atoms with Gasteiger partial charge in [0, 0.05) is 51.7 Å². The average molecular weight is 483 g/mol. The Balaban J connectivity index is 1.42. The molecule has 0 unspecified atom stereocenters. The summed E-state index contributed by atoms with van der Waals surface area (Å²) in [5.41, 5.74) is 7.63. The van der Waals surface area contributed by atoms with Crippen LogP contribution in [0.2, 0.25) is 0 Å². The van der Waals surface area contributed by atoms with Crippen LogP contribution in [0.15, 0.2) is 24.7 Å². The standard InChI is InChI=1S/C26H34N8O/c1-16(2)23-24(19-13-34-26(27-15-28-34)18(4)17(19)3)29-20-7-8-21(30-25(20)23)32-9-11-33(12-10-32)22(35)14-31(5)6/h7-8,13,15-16,29H,9-12,14H2,1-6H3/i5D3,6D3,14D2. The second kappa shape index (κ2) is 8.96. The number of aromatic nitrogens is 5. The first kappa shape index (κ1) is 15.5. The number of nitrogens with zero attached hydrogens (tertiary/aromatic N) is 7. The third-order valence-electron chi connectivity index (χ3n) is 6.74. The Labute approximate surface area is 217 Å². The molecule has 1 aliphatic rings. The van der Waals surface area contributed by atoms with Crippen molar-refractivity contribution in [3.8, 4) is 11.3 Å². The number of H-pyrrole nitrogens is 1. The maximum Gasteiger partial charge on any atom is 0.236 e. The van der Waals surface area contributed by atoms with Crippen LogP contribution in [-0.2, 0) is 4.79 Å². The molecule has 9 nitrogen and oxygen atoms in total. The Kier molecular flexibility index (Phi) is 3.97. The maximum absolute atomic E-state index is 13.1. The number of anilines is 1. The molecule has 0 aromatic carbocycles. The summed E-state index contributed by atoms with van der Waals surface area (Å²) in [6, 6.07) is 3.84. The van der Waals surface area contributed by atoms with Crippen molar-refractivity contribution >= 4 is 28.4 Å². The van der Waals surface area contributed by atoms with Gasteiger partial charge in [0.05, 0.1) is 26.0 Å². The Morgan fingerprint density at radius 2 is 1.97 bits per heavy atom. The predicted molar refractivity (Wildman–Crippen MR) is 139 cm³/mol. The van der Waals surface area contributed by atoms with E-state index < -0.39 is 26.4 Å². The third-order valence-corrected chi connectivity index (χ3v) is 6.74. The predicted octanol–water partition coefficient (Wildman–Crippen LogP) is 3.22. The molecular formula is C26H34N8O. The molecule has 184 valence electrons. The normalized spacial score (nSPS) is 19.3. The van der Waals surface area contributed by atoms with E-state index in [1.165, 1.54) is 11.2 Å². The molecule has 0 saturated carbocycles. The summed E-state index contributed by atoms with van der Waals surface area (Å²) in [6.07, 6.45) is 3.50. The van der Waals surface area contributed by atoms with Gasteiger partial charge in [-0.25, -0.2) is 14.5 Å². The van der Waals surface area contributed by atoms with E-state index in [9.17, 15) is 4.79 Å². The zero-order valence-corrected chi connectivity index (χ0v) is 20.3. The van der Waals surface area contributed by atoms with Gasteiger partial charge in [-0.05, 0) is 57.0 Å². The van der Waals surface area contributed by atoms with E-state index in [4.69, 9.17) is 16.0 Å². The van der Waals surface area contributed by atoms with Gasteiger partial charge in [0.2, 0.25) is 5.91 Å². The molecule has 9 heteroatoms. The number of carbonyl (C=O) groups is 1. The first-order valence-electron chi connectivity index (χ1n) is 15.6. The minimum Gasteiger partial charge on any atom is -0.353 e. The number of hydrogen-bond donors (Lipinski definition) is 1. The van der Waals surface area contributed by atoms with Crippen molar-refractivity contribution in [3.05, 3.63) is 41.3 Å². The first-order chi connectivity index (χ1) is 19.9. The van der Waals surface area contributed by atoms with Crippen molar-refractivity contribution in [2.75, 3.05) is 51.5 Å². The van der Waals surface area contributed by atoms with Crippen molar-refractivity contribution in [3.63, 3.8) is 0 Å². The van der Waals surface area contributed by atoms with Gasteiger partial charge in [-0.2, -0.15) is 5.10 Å². The number of amides is 1. The fourth-order valence-electron chi connectivity index (χ4n) is 4.79. The van der Waals surface area contributed by atoms with E-state index in [-0.39, 0.29) is 23.9 Å². The zero-order chi connectivity index (χ0) is 31.6. The van der Waals surface area contributed by atoms with Crippen LogP contribution < -0.4 is 4.90 Å². The quantitative estimate of drug-likeness (QED) is 0.470. The molecule has 1 aliphatic heterocycles. The number of aromatic amines is 1. The van der Waals surface area contributed by atoms with Crippen molar-refractivity contribution in [2.24, 2.45) is 0 Å². The highest BCUT2D eigenvalue weighted by Gasteiger charge is 2.24. The smallest absolute Gasteiger partial charge is 0.236 e. The van der Waals surface area contributed by atoms with E-state index in [1.807, 2.05) is 30.2 Å². The molecule has 4 aromatic rings. The average Bonchev–Trinajstić information content (AvgIpc) is 3.52. The number of piperazine rings is 1. The van der Waals surface area contributed by atoms with Gasteiger partial charge < -0.3 is 19.7 Å².